The zero-order chi connectivity index (χ0) is 9.84. The van der Waals surface area contributed by atoms with Crippen molar-refractivity contribution in [2.75, 3.05) is 5.75 Å². The number of carbonyl (C=O) groups is 1. The summed E-state index contributed by atoms with van der Waals surface area (Å²) in [6, 6.07) is 0. The Morgan fingerprint density at radius 1 is 1.62 bits per heavy atom. The fourth-order valence-corrected chi connectivity index (χ4v) is 2.61. The van der Waals surface area contributed by atoms with Crippen molar-refractivity contribution in [2.24, 2.45) is 0 Å². The second-order valence-corrected chi connectivity index (χ2v) is 4.95. The van der Waals surface area contributed by atoms with Crippen molar-refractivity contribution >= 4 is 28.1 Å². The second-order valence-electron chi connectivity index (χ2n) is 2.23. The fourth-order valence-electron chi connectivity index (χ4n) is 0.661. The lowest BCUT2D eigenvalue weighted by atomic mass is 10.6. The van der Waals surface area contributed by atoms with Gasteiger partial charge in [-0.3, -0.25) is 4.21 Å². The Hall–Kier alpha value is -0.820. The SMILES string of the molecule is CCCS(=O)c1nnc(C(=O)O)s1. The molecule has 1 aromatic heterocycles. The molecule has 5 nitrogen and oxygen atoms in total. The summed E-state index contributed by atoms with van der Waals surface area (Å²) in [5.41, 5.74) is 0. The molecule has 0 fully saturated rings. The minimum absolute atomic E-state index is 0.112. The van der Waals surface area contributed by atoms with E-state index in [1.54, 1.807) is 0 Å². The van der Waals surface area contributed by atoms with Gasteiger partial charge in [0.05, 0.1) is 10.8 Å². The number of hydrogen-bond acceptors (Lipinski definition) is 5. The van der Waals surface area contributed by atoms with Crippen LogP contribution in [0.3, 0.4) is 0 Å². The molecule has 0 amide bonds. The summed E-state index contributed by atoms with van der Waals surface area (Å²) in [5.74, 6) is -0.633. The Balaban J connectivity index is 2.79. The van der Waals surface area contributed by atoms with Crippen molar-refractivity contribution in [1.82, 2.24) is 10.2 Å². The van der Waals surface area contributed by atoms with Gasteiger partial charge in [0, 0.05) is 5.75 Å². The van der Waals surface area contributed by atoms with Gasteiger partial charge in [-0.05, 0) is 6.42 Å². The highest BCUT2D eigenvalue weighted by Gasteiger charge is 2.14. The van der Waals surface area contributed by atoms with Gasteiger partial charge < -0.3 is 5.11 Å². The van der Waals surface area contributed by atoms with E-state index in [2.05, 4.69) is 10.2 Å². The Labute approximate surface area is 81.3 Å². The molecule has 0 bridgehead atoms. The monoisotopic (exact) mass is 220 g/mol. The molecule has 1 rings (SSSR count). The lowest BCUT2D eigenvalue weighted by molar-refractivity contribution is 0.0695. The topological polar surface area (TPSA) is 80.2 Å². The highest BCUT2D eigenvalue weighted by atomic mass is 32.2. The standard InChI is InChI=1S/C6H8N2O3S2/c1-2-3-13(11)6-8-7-4(12-6)5(9)10/h2-3H2,1H3,(H,9,10). The summed E-state index contributed by atoms with van der Waals surface area (Å²) < 4.78 is 11.6. The predicted octanol–water partition coefficient (Wildman–Crippen LogP) is 0.754. The first-order valence-electron chi connectivity index (χ1n) is 3.60. The molecular formula is C6H8N2O3S2. The van der Waals surface area contributed by atoms with E-state index in [-0.39, 0.29) is 5.01 Å². The lowest BCUT2D eigenvalue weighted by Crippen LogP contribution is -1.95. The van der Waals surface area contributed by atoms with Crippen molar-refractivity contribution in [2.45, 2.75) is 17.7 Å². The average molecular weight is 220 g/mol. The highest BCUT2D eigenvalue weighted by molar-refractivity contribution is 7.87. The van der Waals surface area contributed by atoms with Crippen LogP contribution in [-0.2, 0) is 10.8 Å². The van der Waals surface area contributed by atoms with E-state index in [1.165, 1.54) is 0 Å². The second kappa shape index (κ2) is 4.43. The van der Waals surface area contributed by atoms with Gasteiger partial charge in [-0.25, -0.2) is 4.79 Å². The number of carboxylic acids is 1. The fraction of sp³-hybridized carbons (Fsp3) is 0.500. The van der Waals surface area contributed by atoms with Gasteiger partial charge in [0.1, 0.15) is 0 Å². The summed E-state index contributed by atoms with van der Waals surface area (Å²) in [4.78, 5) is 10.4. The van der Waals surface area contributed by atoms with E-state index in [4.69, 9.17) is 5.11 Å². The van der Waals surface area contributed by atoms with Crippen LogP contribution < -0.4 is 0 Å². The Morgan fingerprint density at radius 2 is 2.31 bits per heavy atom. The van der Waals surface area contributed by atoms with Crippen molar-refractivity contribution in [3.8, 4) is 0 Å². The van der Waals surface area contributed by atoms with E-state index in [0.717, 1.165) is 17.8 Å². The minimum atomic E-state index is -1.20. The minimum Gasteiger partial charge on any atom is -0.476 e. The molecule has 0 spiro atoms. The largest absolute Gasteiger partial charge is 0.476 e. The number of carboxylic acid groups (broad SMARTS) is 1. The molecule has 0 aliphatic heterocycles. The smallest absolute Gasteiger partial charge is 0.367 e. The molecule has 72 valence electrons. The summed E-state index contributed by atoms with van der Waals surface area (Å²) in [6.07, 6.45) is 0.772. The van der Waals surface area contributed by atoms with E-state index in [0.29, 0.717) is 10.1 Å². The van der Waals surface area contributed by atoms with Crippen LogP contribution >= 0.6 is 11.3 Å². The average Bonchev–Trinajstić information content (AvgIpc) is 2.52. The first-order chi connectivity index (χ1) is 6.15. The number of aromatic nitrogens is 2. The third kappa shape index (κ3) is 2.56. The molecule has 1 N–H and O–H groups in total. The molecule has 0 saturated heterocycles. The van der Waals surface area contributed by atoms with Crippen LogP contribution in [0.5, 0.6) is 0 Å². The molecule has 0 radical (unpaired) electrons. The van der Waals surface area contributed by atoms with Gasteiger partial charge in [0.2, 0.25) is 9.35 Å². The molecule has 0 aliphatic carbocycles. The lowest BCUT2D eigenvalue weighted by Gasteiger charge is -1.90. The molecule has 7 heteroatoms. The van der Waals surface area contributed by atoms with Crippen molar-refractivity contribution < 1.29 is 14.1 Å². The molecule has 1 atom stereocenters. The van der Waals surface area contributed by atoms with Crippen LogP contribution in [0.4, 0.5) is 0 Å². The van der Waals surface area contributed by atoms with Crippen molar-refractivity contribution in [3.05, 3.63) is 5.01 Å². The summed E-state index contributed by atoms with van der Waals surface area (Å²) in [7, 11) is -1.20. The zero-order valence-corrected chi connectivity index (χ0v) is 8.52. The normalized spacial score (nSPS) is 12.7. The van der Waals surface area contributed by atoms with Crippen molar-refractivity contribution in [1.29, 1.82) is 0 Å². The van der Waals surface area contributed by atoms with E-state index in [9.17, 15) is 9.00 Å². The van der Waals surface area contributed by atoms with Gasteiger partial charge in [-0.1, -0.05) is 18.3 Å². The Kier molecular flexibility index (Phi) is 3.49. The molecule has 1 heterocycles. The summed E-state index contributed by atoms with van der Waals surface area (Å²) in [5, 5.41) is 15.3. The molecule has 13 heavy (non-hydrogen) atoms. The van der Waals surface area contributed by atoms with Gasteiger partial charge in [0.15, 0.2) is 0 Å². The number of aromatic carboxylic acids is 1. The predicted molar refractivity (Wildman–Crippen MR) is 48.4 cm³/mol. The van der Waals surface area contributed by atoms with Gasteiger partial charge in [-0.15, -0.1) is 10.2 Å². The first kappa shape index (κ1) is 10.3. The quantitative estimate of drug-likeness (QED) is 0.810. The summed E-state index contributed by atoms with van der Waals surface area (Å²) in [6.45, 7) is 1.90. The van der Waals surface area contributed by atoms with Gasteiger partial charge in [-0.2, -0.15) is 0 Å². The number of hydrogen-bond donors (Lipinski definition) is 1. The van der Waals surface area contributed by atoms with E-state index in [1.807, 2.05) is 6.92 Å². The summed E-state index contributed by atoms with van der Waals surface area (Å²) >= 11 is 0.867. The maximum absolute atomic E-state index is 11.3. The maximum atomic E-state index is 11.3. The van der Waals surface area contributed by atoms with Crippen LogP contribution in [0, 0.1) is 0 Å². The molecular weight excluding hydrogens is 212 g/mol. The zero-order valence-electron chi connectivity index (χ0n) is 6.89. The van der Waals surface area contributed by atoms with Crippen LogP contribution in [0.1, 0.15) is 23.1 Å². The Bertz CT molecular complexity index is 336. The van der Waals surface area contributed by atoms with Crippen LogP contribution in [0.2, 0.25) is 0 Å². The van der Waals surface area contributed by atoms with Crippen molar-refractivity contribution in [3.63, 3.8) is 0 Å². The molecule has 0 aliphatic rings. The Morgan fingerprint density at radius 3 is 2.77 bits per heavy atom. The molecule has 1 aromatic rings. The molecule has 0 aromatic carbocycles. The first-order valence-corrected chi connectivity index (χ1v) is 5.74. The highest BCUT2D eigenvalue weighted by Crippen LogP contribution is 2.14. The molecule has 1 unspecified atom stereocenters. The number of rotatable bonds is 4. The third-order valence-electron chi connectivity index (χ3n) is 1.17. The van der Waals surface area contributed by atoms with Crippen LogP contribution in [0.15, 0.2) is 4.34 Å². The van der Waals surface area contributed by atoms with E-state index < -0.39 is 16.8 Å². The van der Waals surface area contributed by atoms with Gasteiger partial charge in [0.25, 0.3) is 0 Å². The maximum Gasteiger partial charge on any atom is 0.367 e. The molecule has 0 saturated carbocycles. The van der Waals surface area contributed by atoms with Crippen LogP contribution in [-0.4, -0.2) is 31.2 Å². The van der Waals surface area contributed by atoms with Gasteiger partial charge >= 0.3 is 5.97 Å². The number of nitrogens with zero attached hydrogens (tertiary/aromatic N) is 2. The van der Waals surface area contributed by atoms with E-state index >= 15 is 0 Å². The third-order valence-corrected chi connectivity index (χ3v) is 3.94. The van der Waals surface area contributed by atoms with Crippen LogP contribution in [0.25, 0.3) is 0 Å².